The van der Waals surface area contributed by atoms with E-state index in [0.717, 1.165) is 17.9 Å². The van der Waals surface area contributed by atoms with Crippen LogP contribution in [0.5, 0.6) is 0 Å². The molecule has 3 heteroatoms. The molecule has 1 heterocycles. The van der Waals surface area contributed by atoms with Crippen LogP contribution in [0.1, 0.15) is 13.3 Å². The fourth-order valence-electron chi connectivity index (χ4n) is 0.797. The number of aliphatic hydroxyl groups excluding tert-OH is 1. The highest BCUT2D eigenvalue weighted by Crippen LogP contribution is 2.43. The van der Waals surface area contributed by atoms with Crippen molar-refractivity contribution in [2.45, 2.75) is 13.3 Å². The first kappa shape index (κ1) is 8.34. The van der Waals surface area contributed by atoms with Crippen molar-refractivity contribution in [1.82, 2.24) is 0 Å². The predicted molar refractivity (Wildman–Crippen MR) is 49.4 cm³/mol. The van der Waals surface area contributed by atoms with E-state index in [4.69, 9.17) is 0 Å². The maximum atomic E-state index is 9.22. The summed E-state index contributed by atoms with van der Waals surface area (Å²) in [5.41, 5.74) is -0.0179. The average Bonchev–Trinajstić information content (AvgIpc) is 1.89. The summed E-state index contributed by atoms with van der Waals surface area (Å²) in [6, 6.07) is 0. The monoisotopic (exact) mass is 176 g/mol. The maximum absolute atomic E-state index is 9.22. The summed E-state index contributed by atoms with van der Waals surface area (Å²) in [5.74, 6) is 2.47. The van der Waals surface area contributed by atoms with E-state index in [-0.39, 0.29) is 5.41 Å². The lowest BCUT2D eigenvalue weighted by Gasteiger charge is -2.31. The van der Waals surface area contributed by atoms with Gasteiger partial charge in [-0.25, -0.2) is 0 Å². The second-order valence-electron chi connectivity index (χ2n) is 2.84. The molecule has 0 aromatic rings. The summed E-state index contributed by atoms with van der Waals surface area (Å²) in [6.45, 7) is 5.66. The van der Waals surface area contributed by atoms with E-state index in [0.29, 0.717) is 5.76 Å². The number of aliphatic hydroxyl groups is 1. The lowest BCUT2D eigenvalue weighted by molar-refractivity contribution is 0.259. The summed E-state index contributed by atoms with van der Waals surface area (Å²) >= 11 is 0. The Bertz CT molecular complexity index is 139. The maximum Gasteiger partial charge on any atom is 0.0918 e. The lowest BCUT2D eigenvalue weighted by Crippen LogP contribution is -2.24. The predicted octanol–water partition coefficient (Wildman–Crippen LogP) is 2.85. The molecule has 0 bridgehead atoms. The van der Waals surface area contributed by atoms with E-state index in [1.807, 2.05) is 21.6 Å². The van der Waals surface area contributed by atoms with Crippen LogP contribution in [0.2, 0.25) is 0 Å². The Kier molecular flexibility index (Phi) is 2.58. The van der Waals surface area contributed by atoms with E-state index >= 15 is 0 Å². The molecule has 1 N–H and O–H groups in total. The second kappa shape index (κ2) is 3.09. The molecule has 0 aromatic carbocycles. The Morgan fingerprint density at radius 3 is 2.60 bits per heavy atom. The molecular formula is C7H12OS2. The van der Waals surface area contributed by atoms with Crippen molar-refractivity contribution in [3.63, 3.8) is 0 Å². The molecule has 0 spiro atoms. The molecular weight excluding hydrogens is 164 g/mol. The van der Waals surface area contributed by atoms with Crippen LogP contribution in [0.3, 0.4) is 0 Å². The largest absolute Gasteiger partial charge is 0.512 e. The van der Waals surface area contributed by atoms with Crippen molar-refractivity contribution in [2.24, 2.45) is 5.41 Å². The second-order valence-corrected chi connectivity index (χ2v) is 5.42. The van der Waals surface area contributed by atoms with Crippen molar-refractivity contribution >= 4 is 21.6 Å². The molecule has 1 rings (SSSR count). The molecule has 1 unspecified atom stereocenters. The molecule has 58 valence electrons. The zero-order valence-corrected chi connectivity index (χ0v) is 7.73. The lowest BCUT2D eigenvalue weighted by atomic mass is 9.88. The van der Waals surface area contributed by atoms with Crippen LogP contribution in [-0.2, 0) is 0 Å². The number of allylic oxidation sites excluding steroid dienone is 1. The topological polar surface area (TPSA) is 20.2 Å². The van der Waals surface area contributed by atoms with Gasteiger partial charge in [0.25, 0.3) is 0 Å². The third kappa shape index (κ3) is 1.64. The van der Waals surface area contributed by atoms with E-state index < -0.39 is 0 Å². The van der Waals surface area contributed by atoms with Crippen LogP contribution >= 0.6 is 21.6 Å². The Morgan fingerprint density at radius 1 is 1.60 bits per heavy atom. The third-order valence-electron chi connectivity index (χ3n) is 1.89. The smallest absolute Gasteiger partial charge is 0.0918 e. The van der Waals surface area contributed by atoms with Gasteiger partial charge >= 0.3 is 0 Å². The van der Waals surface area contributed by atoms with Gasteiger partial charge in [0, 0.05) is 16.9 Å². The molecule has 1 saturated heterocycles. The third-order valence-corrected chi connectivity index (χ3v) is 4.54. The van der Waals surface area contributed by atoms with Crippen molar-refractivity contribution in [1.29, 1.82) is 0 Å². The zero-order chi connectivity index (χ0) is 7.61. The molecule has 10 heavy (non-hydrogen) atoms. The summed E-state index contributed by atoms with van der Waals surface area (Å²) in [4.78, 5) is 0. The molecule has 1 atom stereocenters. The van der Waals surface area contributed by atoms with Gasteiger partial charge in [-0.3, -0.25) is 0 Å². The molecule has 0 saturated carbocycles. The molecule has 0 aliphatic carbocycles. The zero-order valence-electron chi connectivity index (χ0n) is 6.09. The molecule has 1 aliphatic heterocycles. The van der Waals surface area contributed by atoms with Gasteiger partial charge < -0.3 is 5.11 Å². The molecule has 1 fully saturated rings. The highest BCUT2D eigenvalue weighted by molar-refractivity contribution is 8.76. The van der Waals surface area contributed by atoms with Crippen LogP contribution < -0.4 is 0 Å². The van der Waals surface area contributed by atoms with Crippen molar-refractivity contribution in [3.05, 3.63) is 12.3 Å². The van der Waals surface area contributed by atoms with Crippen molar-refractivity contribution < 1.29 is 5.11 Å². The van der Waals surface area contributed by atoms with E-state index in [1.165, 1.54) is 0 Å². The van der Waals surface area contributed by atoms with Crippen LogP contribution in [0.4, 0.5) is 0 Å². The average molecular weight is 176 g/mol. The van der Waals surface area contributed by atoms with Gasteiger partial charge in [0.1, 0.15) is 0 Å². The van der Waals surface area contributed by atoms with E-state index in [1.54, 1.807) is 0 Å². The van der Waals surface area contributed by atoms with Crippen LogP contribution in [0, 0.1) is 5.41 Å². The first-order valence-corrected chi connectivity index (χ1v) is 5.77. The molecule has 0 aromatic heterocycles. The van der Waals surface area contributed by atoms with Crippen LogP contribution in [-0.4, -0.2) is 16.6 Å². The van der Waals surface area contributed by atoms with Gasteiger partial charge in [-0.1, -0.05) is 35.1 Å². The summed E-state index contributed by atoms with van der Waals surface area (Å²) in [5, 5.41) is 9.22. The van der Waals surface area contributed by atoms with Gasteiger partial charge in [-0.15, -0.1) is 0 Å². The molecule has 0 radical (unpaired) electrons. The minimum Gasteiger partial charge on any atom is -0.512 e. The fourth-order valence-corrected chi connectivity index (χ4v) is 3.74. The highest BCUT2D eigenvalue weighted by Gasteiger charge is 2.30. The first-order chi connectivity index (χ1) is 4.65. The van der Waals surface area contributed by atoms with Gasteiger partial charge in [0.05, 0.1) is 5.76 Å². The minimum absolute atomic E-state index is 0.0179. The summed E-state index contributed by atoms with van der Waals surface area (Å²) < 4.78 is 0. The molecule has 1 aliphatic rings. The van der Waals surface area contributed by atoms with Gasteiger partial charge in [0.15, 0.2) is 0 Å². The fraction of sp³-hybridized carbons (Fsp3) is 0.714. The van der Waals surface area contributed by atoms with Gasteiger partial charge in [0.2, 0.25) is 0 Å². The Morgan fingerprint density at radius 2 is 2.30 bits per heavy atom. The summed E-state index contributed by atoms with van der Waals surface area (Å²) in [7, 11) is 3.71. The Balaban J connectivity index is 2.56. The molecule has 0 amide bonds. The van der Waals surface area contributed by atoms with Crippen LogP contribution in [0.15, 0.2) is 12.3 Å². The standard InChI is InChI=1S/C7H12OS2/c1-6(8)7(2)3-4-9-10-5-7/h8H,1,3-5H2,2H3. The minimum atomic E-state index is -0.0179. The summed E-state index contributed by atoms with van der Waals surface area (Å²) in [6.07, 6.45) is 1.06. The van der Waals surface area contributed by atoms with Gasteiger partial charge in [-0.05, 0) is 6.42 Å². The molecule has 1 nitrogen and oxygen atoms in total. The van der Waals surface area contributed by atoms with E-state index in [2.05, 4.69) is 13.5 Å². The number of hydrogen-bond acceptors (Lipinski definition) is 3. The Labute approximate surface area is 69.7 Å². The van der Waals surface area contributed by atoms with Crippen molar-refractivity contribution in [2.75, 3.05) is 11.5 Å². The van der Waals surface area contributed by atoms with Gasteiger partial charge in [-0.2, -0.15) is 0 Å². The van der Waals surface area contributed by atoms with Crippen molar-refractivity contribution in [3.8, 4) is 0 Å². The van der Waals surface area contributed by atoms with E-state index in [9.17, 15) is 5.11 Å². The number of rotatable bonds is 1. The van der Waals surface area contributed by atoms with Crippen LogP contribution in [0.25, 0.3) is 0 Å². The SMILES string of the molecule is C=C(O)C1(C)CCSSC1. The normalized spacial score (nSPS) is 33.7. The first-order valence-electron chi connectivity index (χ1n) is 3.28. The quantitative estimate of drug-likeness (QED) is 0.490. The highest BCUT2D eigenvalue weighted by atomic mass is 33.1. The Hall–Kier alpha value is 0.240. The number of hydrogen-bond donors (Lipinski definition) is 1.